The van der Waals surface area contributed by atoms with Gasteiger partial charge >= 0.3 is 0 Å². The molecule has 0 amide bonds. The summed E-state index contributed by atoms with van der Waals surface area (Å²) in [5, 5.41) is 0. The van der Waals surface area contributed by atoms with Gasteiger partial charge in [0.05, 0.1) is 5.75 Å². The average Bonchev–Trinajstić information content (AvgIpc) is 2.38. The third-order valence-corrected chi connectivity index (χ3v) is 6.05. The molecule has 1 rings (SSSR count). The summed E-state index contributed by atoms with van der Waals surface area (Å²) in [6.07, 6.45) is 1.97. The second-order valence-corrected chi connectivity index (χ2v) is 7.73. The Morgan fingerprint density at radius 2 is 1.79 bits per heavy atom. The molecule has 1 aromatic carbocycles. The predicted octanol–water partition coefficient (Wildman–Crippen LogP) is 2.94. The van der Waals surface area contributed by atoms with Gasteiger partial charge in [0.1, 0.15) is 0 Å². The Kier molecular flexibility index (Phi) is 6.66. The molecular weight excluding hydrogens is 302 g/mol. The van der Waals surface area contributed by atoms with Gasteiger partial charge in [-0.1, -0.05) is 24.3 Å². The molecule has 0 fully saturated rings. The third-order valence-electron chi connectivity index (χ3n) is 2.99. The lowest BCUT2D eigenvalue weighted by atomic mass is 10.2. The lowest BCUT2D eigenvalue weighted by Gasteiger charge is -2.23. The van der Waals surface area contributed by atoms with Gasteiger partial charge in [0.15, 0.2) is 0 Å². The van der Waals surface area contributed by atoms with Crippen LogP contribution in [-0.4, -0.2) is 37.8 Å². The van der Waals surface area contributed by atoms with Gasteiger partial charge in [-0.25, -0.2) is 12.7 Å². The molecule has 0 aliphatic rings. The summed E-state index contributed by atoms with van der Waals surface area (Å²) in [5.41, 5.74) is 1.78. The minimum absolute atomic E-state index is 0.00196. The minimum Gasteiger partial charge on any atom is -0.212 e. The van der Waals surface area contributed by atoms with Crippen LogP contribution in [0.5, 0.6) is 0 Å². The molecule has 3 nitrogen and oxygen atoms in total. The summed E-state index contributed by atoms with van der Waals surface area (Å²) in [6, 6.07) is 7.37. The van der Waals surface area contributed by atoms with Gasteiger partial charge in [-0.15, -0.1) is 11.6 Å². The number of sulfonamides is 1. The summed E-state index contributed by atoms with van der Waals surface area (Å²) in [5.74, 6) is 1.27. The SMILES string of the molecule is CSCC(C)N(C)S(=O)(=O)Cc1ccc(CCl)cc1. The van der Waals surface area contributed by atoms with Crippen LogP contribution in [0.2, 0.25) is 0 Å². The van der Waals surface area contributed by atoms with E-state index in [9.17, 15) is 8.42 Å². The van der Waals surface area contributed by atoms with Gasteiger partial charge in [-0.05, 0) is 24.3 Å². The summed E-state index contributed by atoms with van der Waals surface area (Å²) in [6.45, 7) is 1.92. The Morgan fingerprint density at radius 1 is 1.26 bits per heavy atom. The molecule has 0 saturated heterocycles. The van der Waals surface area contributed by atoms with Crippen molar-refractivity contribution in [3.05, 3.63) is 35.4 Å². The average molecular weight is 322 g/mol. The maximum atomic E-state index is 12.3. The predicted molar refractivity (Wildman–Crippen MR) is 84.2 cm³/mol. The topological polar surface area (TPSA) is 37.4 Å². The van der Waals surface area contributed by atoms with E-state index in [1.54, 1.807) is 18.8 Å². The van der Waals surface area contributed by atoms with E-state index >= 15 is 0 Å². The van der Waals surface area contributed by atoms with E-state index in [4.69, 9.17) is 11.6 Å². The highest BCUT2D eigenvalue weighted by Crippen LogP contribution is 2.15. The second-order valence-electron chi connectivity index (χ2n) is 4.53. The molecule has 0 saturated carbocycles. The standard InChI is InChI=1S/C13H20ClNO2S2/c1-11(9-18-3)15(2)19(16,17)10-13-6-4-12(8-14)5-7-13/h4-7,11H,8-10H2,1-3H3. The summed E-state index contributed by atoms with van der Waals surface area (Å²) in [7, 11) is -1.63. The van der Waals surface area contributed by atoms with Crippen molar-refractivity contribution >= 4 is 33.4 Å². The molecule has 0 aliphatic heterocycles. The van der Waals surface area contributed by atoms with Crippen LogP contribution in [0.25, 0.3) is 0 Å². The fourth-order valence-electron chi connectivity index (χ4n) is 1.66. The molecule has 0 spiro atoms. The van der Waals surface area contributed by atoms with Crippen molar-refractivity contribution in [1.82, 2.24) is 4.31 Å². The van der Waals surface area contributed by atoms with Crippen LogP contribution in [0.4, 0.5) is 0 Å². The zero-order chi connectivity index (χ0) is 14.5. The molecule has 0 aliphatic carbocycles. The van der Waals surface area contributed by atoms with Crippen LogP contribution in [0.15, 0.2) is 24.3 Å². The molecule has 6 heteroatoms. The first-order valence-corrected chi connectivity index (χ1v) is 9.53. The van der Waals surface area contributed by atoms with E-state index < -0.39 is 10.0 Å². The molecule has 1 aromatic rings. The van der Waals surface area contributed by atoms with Crippen molar-refractivity contribution in [2.45, 2.75) is 24.6 Å². The van der Waals surface area contributed by atoms with Gasteiger partial charge in [0.2, 0.25) is 10.0 Å². The highest BCUT2D eigenvalue weighted by Gasteiger charge is 2.23. The van der Waals surface area contributed by atoms with Gasteiger partial charge in [-0.2, -0.15) is 11.8 Å². The van der Waals surface area contributed by atoms with Crippen LogP contribution in [0.1, 0.15) is 18.1 Å². The summed E-state index contributed by atoms with van der Waals surface area (Å²) < 4.78 is 26.0. The Labute approximate surface area is 125 Å². The van der Waals surface area contributed by atoms with E-state index in [2.05, 4.69) is 0 Å². The molecule has 0 bridgehead atoms. The molecule has 0 heterocycles. The van der Waals surface area contributed by atoms with Crippen LogP contribution >= 0.6 is 23.4 Å². The normalized spacial score (nSPS) is 13.7. The Balaban J connectivity index is 2.77. The number of benzene rings is 1. The fourth-order valence-corrected chi connectivity index (χ4v) is 4.08. The molecule has 19 heavy (non-hydrogen) atoms. The van der Waals surface area contributed by atoms with Crippen LogP contribution < -0.4 is 0 Å². The van der Waals surface area contributed by atoms with Crippen molar-refractivity contribution in [2.24, 2.45) is 0 Å². The van der Waals surface area contributed by atoms with E-state index in [-0.39, 0.29) is 11.8 Å². The molecule has 0 radical (unpaired) electrons. The van der Waals surface area contributed by atoms with Crippen LogP contribution in [0, 0.1) is 0 Å². The Bertz CT molecular complexity index is 488. The van der Waals surface area contributed by atoms with Gasteiger partial charge < -0.3 is 0 Å². The molecule has 108 valence electrons. The third kappa shape index (κ3) is 4.99. The number of halogens is 1. The summed E-state index contributed by atoms with van der Waals surface area (Å²) in [4.78, 5) is 0. The number of rotatable bonds is 7. The molecule has 1 unspecified atom stereocenters. The van der Waals surface area contributed by atoms with Gasteiger partial charge in [0.25, 0.3) is 0 Å². The zero-order valence-electron chi connectivity index (χ0n) is 11.5. The minimum atomic E-state index is -3.27. The van der Waals surface area contributed by atoms with E-state index in [1.807, 2.05) is 37.4 Å². The lowest BCUT2D eigenvalue weighted by molar-refractivity contribution is 0.414. The highest BCUT2D eigenvalue weighted by molar-refractivity contribution is 7.98. The monoisotopic (exact) mass is 321 g/mol. The number of alkyl halides is 1. The smallest absolute Gasteiger partial charge is 0.212 e. The fraction of sp³-hybridized carbons (Fsp3) is 0.538. The lowest BCUT2D eigenvalue weighted by Crippen LogP contribution is -2.37. The van der Waals surface area contributed by atoms with Crippen molar-refractivity contribution in [3.8, 4) is 0 Å². The van der Waals surface area contributed by atoms with E-state index in [0.717, 1.165) is 16.9 Å². The first-order valence-electron chi connectivity index (χ1n) is 5.99. The maximum absolute atomic E-state index is 12.3. The van der Waals surface area contributed by atoms with Gasteiger partial charge in [0, 0.05) is 24.7 Å². The largest absolute Gasteiger partial charge is 0.218 e. The van der Waals surface area contributed by atoms with Crippen LogP contribution in [0.3, 0.4) is 0 Å². The second kappa shape index (κ2) is 7.53. The van der Waals surface area contributed by atoms with Crippen molar-refractivity contribution in [3.63, 3.8) is 0 Å². The van der Waals surface area contributed by atoms with Crippen LogP contribution in [-0.2, 0) is 21.7 Å². The number of thioether (sulfide) groups is 1. The number of nitrogens with zero attached hydrogens (tertiary/aromatic N) is 1. The maximum Gasteiger partial charge on any atom is 0.218 e. The molecule has 0 N–H and O–H groups in total. The number of hydrogen-bond acceptors (Lipinski definition) is 3. The Morgan fingerprint density at radius 3 is 2.26 bits per heavy atom. The van der Waals surface area contributed by atoms with Gasteiger partial charge in [-0.3, -0.25) is 0 Å². The first-order chi connectivity index (χ1) is 8.90. The first kappa shape index (κ1) is 16.8. The number of hydrogen-bond donors (Lipinski definition) is 0. The van der Waals surface area contributed by atoms with Crippen molar-refractivity contribution < 1.29 is 8.42 Å². The van der Waals surface area contributed by atoms with Crippen molar-refractivity contribution in [2.75, 3.05) is 19.1 Å². The van der Waals surface area contributed by atoms with E-state index in [0.29, 0.717) is 5.88 Å². The molecule has 1 atom stereocenters. The molecular formula is C13H20ClNO2S2. The zero-order valence-corrected chi connectivity index (χ0v) is 13.9. The highest BCUT2D eigenvalue weighted by atomic mass is 35.5. The quantitative estimate of drug-likeness (QED) is 0.725. The van der Waals surface area contributed by atoms with Crippen molar-refractivity contribution in [1.29, 1.82) is 0 Å². The summed E-state index contributed by atoms with van der Waals surface area (Å²) >= 11 is 7.35. The Hall–Kier alpha value is -0.230. The molecule has 0 aromatic heterocycles. The van der Waals surface area contributed by atoms with E-state index in [1.165, 1.54) is 4.31 Å².